The molecular formula is C12H20N4O2S. The third kappa shape index (κ3) is 3.43. The van der Waals surface area contributed by atoms with Gasteiger partial charge in [0, 0.05) is 19.3 Å². The van der Waals surface area contributed by atoms with Crippen molar-refractivity contribution < 1.29 is 8.42 Å². The van der Waals surface area contributed by atoms with Crippen LogP contribution in [-0.2, 0) is 10.0 Å². The second kappa shape index (κ2) is 5.85. The summed E-state index contributed by atoms with van der Waals surface area (Å²) in [4.78, 5) is 6.18. The Kier molecular flexibility index (Phi) is 4.38. The van der Waals surface area contributed by atoms with Crippen LogP contribution in [0.2, 0.25) is 0 Å². The fourth-order valence-corrected chi connectivity index (χ4v) is 3.64. The molecule has 0 amide bonds. The molecule has 19 heavy (non-hydrogen) atoms. The topological polar surface area (TPSA) is 74.3 Å². The van der Waals surface area contributed by atoms with E-state index in [0.29, 0.717) is 5.69 Å². The number of sulfonamides is 1. The highest BCUT2D eigenvalue weighted by atomic mass is 32.2. The number of aromatic nitrogens is 1. The molecule has 2 N–H and O–H groups in total. The Balaban J connectivity index is 2.14. The number of nitrogens with zero attached hydrogens (tertiary/aromatic N) is 2. The van der Waals surface area contributed by atoms with Gasteiger partial charge < -0.3 is 10.2 Å². The Morgan fingerprint density at radius 3 is 2.68 bits per heavy atom. The molecule has 0 aromatic carbocycles. The summed E-state index contributed by atoms with van der Waals surface area (Å²) in [6, 6.07) is 3.41. The predicted octanol–water partition coefficient (Wildman–Crippen LogP) is 0.496. The van der Waals surface area contributed by atoms with Crippen LogP contribution in [0.5, 0.6) is 0 Å². The van der Waals surface area contributed by atoms with Crippen molar-refractivity contribution in [2.75, 3.05) is 32.5 Å². The van der Waals surface area contributed by atoms with Gasteiger partial charge in [-0.05, 0) is 45.1 Å². The molecule has 0 bridgehead atoms. The number of nitrogens with one attached hydrogen (secondary N) is 2. The second-order valence-corrected chi connectivity index (χ2v) is 6.43. The summed E-state index contributed by atoms with van der Waals surface area (Å²) in [5.74, 6) is 0. The third-order valence-corrected chi connectivity index (χ3v) is 4.81. The van der Waals surface area contributed by atoms with Crippen LogP contribution in [0.1, 0.15) is 12.8 Å². The molecule has 1 aromatic rings. The Morgan fingerprint density at radius 1 is 1.37 bits per heavy atom. The number of pyridine rings is 1. The summed E-state index contributed by atoms with van der Waals surface area (Å²) in [6.07, 6.45) is 3.15. The van der Waals surface area contributed by atoms with Crippen LogP contribution in [0.4, 0.5) is 5.69 Å². The quantitative estimate of drug-likeness (QED) is 0.842. The minimum absolute atomic E-state index is 0.00656. The Labute approximate surface area is 114 Å². The summed E-state index contributed by atoms with van der Waals surface area (Å²) >= 11 is 0. The number of piperidine rings is 1. The number of rotatable bonds is 4. The molecule has 1 aliphatic rings. The highest BCUT2D eigenvalue weighted by Gasteiger charge is 2.25. The highest BCUT2D eigenvalue weighted by Crippen LogP contribution is 2.19. The monoisotopic (exact) mass is 284 g/mol. The van der Waals surface area contributed by atoms with Crippen molar-refractivity contribution in [1.82, 2.24) is 14.6 Å². The molecule has 1 saturated heterocycles. The van der Waals surface area contributed by atoms with E-state index < -0.39 is 10.0 Å². The molecule has 0 saturated carbocycles. The van der Waals surface area contributed by atoms with Crippen LogP contribution in [0.3, 0.4) is 0 Å². The van der Waals surface area contributed by atoms with Gasteiger partial charge in [-0.2, -0.15) is 0 Å². The van der Waals surface area contributed by atoms with Crippen LogP contribution in [0.15, 0.2) is 23.4 Å². The molecule has 7 heteroatoms. The summed E-state index contributed by atoms with van der Waals surface area (Å²) in [7, 11) is 0.168. The molecule has 6 nitrogen and oxygen atoms in total. The van der Waals surface area contributed by atoms with E-state index in [1.165, 1.54) is 6.20 Å². The molecule has 1 aromatic heterocycles. The second-order valence-electron chi connectivity index (χ2n) is 4.80. The molecule has 0 atom stereocenters. The van der Waals surface area contributed by atoms with E-state index in [-0.39, 0.29) is 11.1 Å². The molecule has 2 rings (SSSR count). The minimum atomic E-state index is -3.56. The van der Waals surface area contributed by atoms with E-state index in [9.17, 15) is 8.42 Å². The molecule has 0 unspecified atom stereocenters. The molecule has 1 aliphatic heterocycles. The fourth-order valence-electron chi connectivity index (χ4n) is 2.20. The van der Waals surface area contributed by atoms with E-state index in [0.717, 1.165) is 25.9 Å². The fraction of sp³-hybridized carbons (Fsp3) is 0.583. The molecule has 1 fully saturated rings. The number of likely N-dealkylation sites (tertiary alicyclic amines) is 1. The average molecular weight is 284 g/mol. The number of anilines is 1. The summed E-state index contributed by atoms with van der Waals surface area (Å²) < 4.78 is 27.4. The predicted molar refractivity (Wildman–Crippen MR) is 74.6 cm³/mol. The van der Waals surface area contributed by atoms with E-state index in [4.69, 9.17) is 0 Å². The van der Waals surface area contributed by atoms with Gasteiger partial charge in [-0.1, -0.05) is 0 Å². The smallest absolute Gasteiger partial charge is 0.260 e. The molecule has 106 valence electrons. The molecule has 0 aliphatic carbocycles. The highest BCUT2D eigenvalue weighted by molar-refractivity contribution is 7.89. The first-order chi connectivity index (χ1) is 9.03. The molecule has 0 radical (unpaired) electrons. The molecular weight excluding hydrogens is 264 g/mol. The van der Waals surface area contributed by atoms with E-state index in [2.05, 4.69) is 19.9 Å². The lowest BCUT2D eigenvalue weighted by atomic mass is 10.1. The summed E-state index contributed by atoms with van der Waals surface area (Å²) in [6.45, 7) is 1.82. The van der Waals surface area contributed by atoms with Crippen LogP contribution in [-0.4, -0.2) is 51.5 Å². The van der Waals surface area contributed by atoms with Gasteiger partial charge in [0.1, 0.15) is 0 Å². The van der Waals surface area contributed by atoms with Gasteiger partial charge >= 0.3 is 0 Å². The van der Waals surface area contributed by atoms with Gasteiger partial charge in [-0.15, -0.1) is 0 Å². The Bertz CT molecular complexity index is 524. The number of hydrogen-bond donors (Lipinski definition) is 2. The van der Waals surface area contributed by atoms with Crippen LogP contribution in [0, 0.1) is 0 Å². The maximum absolute atomic E-state index is 12.3. The van der Waals surface area contributed by atoms with Crippen molar-refractivity contribution in [1.29, 1.82) is 0 Å². The maximum atomic E-state index is 12.3. The van der Waals surface area contributed by atoms with Crippen molar-refractivity contribution >= 4 is 15.7 Å². The van der Waals surface area contributed by atoms with Gasteiger partial charge in [-0.25, -0.2) is 18.1 Å². The standard InChI is InChI=1S/C12H20N4O2S/c1-13-11-4-3-7-14-12(11)19(17,18)15-10-5-8-16(2)9-6-10/h3-4,7,10,13,15H,5-6,8-9H2,1-2H3. The van der Waals surface area contributed by atoms with Crippen LogP contribution >= 0.6 is 0 Å². The SMILES string of the molecule is CNc1cccnc1S(=O)(=O)NC1CCN(C)CC1. The van der Waals surface area contributed by atoms with Crippen molar-refractivity contribution in [2.24, 2.45) is 0 Å². The minimum Gasteiger partial charge on any atom is -0.386 e. The Morgan fingerprint density at radius 2 is 2.05 bits per heavy atom. The van der Waals surface area contributed by atoms with Gasteiger partial charge in [-0.3, -0.25) is 0 Å². The normalized spacial score (nSPS) is 18.4. The van der Waals surface area contributed by atoms with Crippen molar-refractivity contribution in [3.8, 4) is 0 Å². The maximum Gasteiger partial charge on any atom is 0.260 e. The first-order valence-corrected chi connectivity index (χ1v) is 7.85. The van der Waals surface area contributed by atoms with Gasteiger partial charge in [0.25, 0.3) is 10.0 Å². The first-order valence-electron chi connectivity index (χ1n) is 6.36. The van der Waals surface area contributed by atoms with Crippen LogP contribution in [0.25, 0.3) is 0 Å². The largest absolute Gasteiger partial charge is 0.386 e. The van der Waals surface area contributed by atoms with E-state index >= 15 is 0 Å². The van der Waals surface area contributed by atoms with Gasteiger partial charge in [0.05, 0.1) is 5.69 Å². The summed E-state index contributed by atoms with van der Waals surface area (Å²) in [5.41, 5.74) is 0.517. The third-order valence-electron chi connectivity index (χ3n) is 3.34. The lowest BCUT2D eigenvalue weighted by molar-refractivity contribution is 0.248. The zero-order chi connectivity index (χ0) is 13.9. The lowest BCUT2D eigenvalue weighted by Crippen LogP contribution is -2.43. The van der Waals surface area contributed by atoms with Crippen molar-refractivity contribution in [3.05, 3.63) is 18.3 Å². The van der Waals surface area contributed by atoms with Gasteiger partial charge in [0.15, 0.2) is 5.03 Å². The zero-order valence-corrected chi connectivity index (χ0v) is 12.1. The van der Waals surface area contributed by atoms with E-state index in [1.54, 1.807) is 19.2 Å². The zero-order valence-electron chi connectivity index (χ0n) is 11.3. The van der Waals surface area contributed by atoms with Crippen LogP contribution < -0.4 is 10.0 Å². The van der Waals surface area contributed by atoms with E-state index in [1.807, 2.05) is 7.05 Å². The number of hydrogen-bond acceptors (Lipinski definition) is 5. The van der Waals surface area contributed by atoms with Gasteiger partial charge in [0.2, 0.25) is 0 Å². The Hall–Kier alpha value is -1.18. The van der Waals surface area contributed by atoms with Crippen molar-refractivity contribution in [2.45, 2.75) is 23.9 Å². The lowest BCUT2D eigenvalue weighted by Gasteiger charge is -2.29. The first kappa shape index (κ1) is 14.2. The average Bonchev–Trinajstić information content (AvgIpc) is 2.41. The summed E-state index contributed by atoms with van der Waals surface area (Å²) in [5, 5.41) is 2.92. The molecule has 0 spiro atoms. The van der Waals surface area contributed by atoms with Crippen molar-refractivity contribution in [3.63, 3.8) is 0 Å². The molecule has 2 heterocycles.